The average molecular weight is 1110 g/mol. The van der Waals surface area contributed by atoms with E-state index >= 15 is 0 Å². The summed E-state index contributed by atoms with van der Waals surface area (Å²) < 4.78 is 53.9. The number of anilines is 12. The van der Waals surface area contributed by atoms with Gasteiger partial charge in [0.05, 0.1) is 27.8 Å². The molecule has 2 aliphatic heterocycles. The molecule has 0 saturated heterocycles. The average Bonchev–Trinajstić information content (AvgIpc) is 1.41. The van der Waals surface area contributed by atoms with E-state index in [2.05, 4.69) is 152 Å². The lowest BCUT2D eigenvalue weighted by Crippen LogP contribution is -2.60. The third-order valence-electron chi connectivity index (χ3n) is 15.8. The third-order valence-corrected chi connectivity index (χ3v) is 18.5. The van der Waals surface area contributed by atoms with Crippen molar-refractivity contribution >= 4 is 167 Å². The molecule has 4 nitrogen and oxygen atoms in total. The van der Waals surface area contributed by atoms with Gasteiger partial charge in [-0.05, 0) is 160 Å². The molecule has 390 valence electrons. The minimum atomic E-state index is -2.27. The molecule has 0 atom stereocenters. The Morgan fingerprint density at radius 1 is 0.402 bits per heavy atom. The van der Waals surface area contributed by atoms with Gasteiger partial charge in [0.1, 0.15) is 0 Å². The lowest BCUT2D eigenvalue weighted by Gasteiger charge is -2.43. The van der Waals surface area contributed by atoms with Crippen LogP contribution in [-0.4, -0.2) is 6.71 Å². The Labute approximate surface area is 499 Å². The minimum Gasteiger partial charge on any atom is -0.311 e. The number of aryl methyl sites for hydroxylation is 2. The van der Waals surface area contributed by atoms with E-state index in [0.29, 0.717) is 16.1 Å². The highest BCUT2D eigenvalue weighted by Gasteiger charge is 2.45. The summed E-state index contributed by atoms with van der Waals surface area (Å²) in [6.45, 7) is -4.51. The van der Waals surface area contributed by atoms with Crippen molar-refractivity contribution in [1.29, 1.82) is 0 Å². The first-order valence-corrected chi connectivity index (χ1v) is 29.4. The van der Waals surface area contributed by atoms with E-state index in [0.717, 1.165) is 110 Å². The van der Waals surface area contributed by atoms with E-state index in [1.807, 2.05) is 146 Å². The minimum absolute atomic E-state index is 0.000279. The summed E-state index contributed by atoms with van der Waals surface area (Å²) in [4.78, 5) is 9.03. The number of hydrogen-bond donors (Lipinski definition) is 0. The Bertz CT molecular complexity index is 4910. The number of fused-ring (bicyclic) bond motifs is 11. The molecular formula is C74H52BClN4S2. The number of hydrogen-bond acceptors (Lipinski definition) is 6. The molecular weight excluding hydrogens is 1060 g/mol. The first-order valence-electron chi connectivity index (χ1n) is 30.3. The standard InChI is InChI=1S/C37H25BN2S.C37H27ClN2S/c1-24-23-29-35-37(41-36(29)28-18-9-8-17-27(24)28)38-30-19-10-11-20-31(30)39(25-13-4-2-5-14-25)32-21-12-22-33(34(32)38)40(35)26-15-6-3-7-16-26;1-26-24-32-35(25-41-37(32)31-21-12-11-20-30(26)31)40(29-18-9-4-10-19-29)34-23-13-22-33(36(34)38)39(27-14-5-2-6-15-27)28-16-7-3-8-17-28/h2-23H,1H3;2-25H,1H3/i2*1D3. The van der Waals surface area contributed by atoms with E-state index in [1.54, 1.807) is 22.7 Å². The summed E-state index contributed by atoms with van der Waals surface area (Å²) >= 11 is 10.9. The van der Waals surface area contributed by atoms with Crippen molar-refractivity contribution in [2.75, 3.05) is 19.6 Å². The van der Waals surface area contributed by atoms with Crippen LogP contribution in [0.5, 0.6) is 0 Å². The maximum Gasteiger partial charge on any atom is 0.264 e. The quantitative estimate of drug-likeness (QED) is 0.141. The highest BCUT2D eigenvalue weighted by molar-refractivity contribution is 7.34. The second-order valence-corrected chi connectivity index (χ2v) is 22.8. The highest BCUT2D eigenvalue weighted by atomic mass is 35.5. The Morgan fingerprint density at radius 2 is 0.854 bits per heavy atom. The van der Waals surface area contributed by atoms with Crippen LogP contribution in [0.3, 0.4) is 0 Å². The molecule has 0 saturated carbocycles. The summed E-state index contributed by atoms with van der Waals surface area (Å²) in [5.74, 6) is 0. The van der Waals surface area contributed by atoms with Gasteiger partial charge in [-0.15, -0.1) is 22.7 Å². The SMILES string of the molecule is [2H]C([2H])([2H])c1cc2c(N(c3ccccc3)c3cccc(N(c4ccccc4)c4ccccc4)c3Cl)csc2c2ccccc12.[2H]C([2H])([2H])c1cc2c3c(sc2c2ccccc12)B1c2ccccc2N(c2ccccc2)c2cccc(c21)N3c1ccccc1. The molecule has 0 radical (unpaired) electrons. The van der Waals surface area contributed by atoms with Crippen molar-refractivity contribution < 1.29 is 8.22 Å². The lowest BCUT2D eigenvalue weighted by atomic mass is 9.36. The van der Waals surface area contributed by atoms with E-state index in [-0.39, 0.29) is 6.71 Å². The number of rotatable bonds is 8. The van der Waals surface area contributed by atoms with Crippen LogP contribution in [0.1, 0.15) is 19.4 Å². The molecule has 16 rings (SSSR count). The maximum absolute atomic E-state index is 8.49. The van der Waals surface area contributed by atoms with Crippen molar-refractivity contribution in [1.82, 2.24) is 0 Å². The van der Waals surface area contributed by atoms with Crippen molar-refractivity contribution in [3.8, 4) is 0 Å². The Morgan fingerprint density at radius 3 is 1.45 bits per heavy atom. The van der Waals surface area contributed by atoms with Gasteiger partial charge < -0.3 is 19.6 Å². The smallest absolute Gasteiger partial charge is 0.264 e. The maximum atomic E-state index is 8.49. The first kappa shape index (κ1) is 43.4. The molecule has 0 aliphatic carbocycles. The van der Waals surface area contributed by atoms with Crippen molar-refractivity contribution in [3.05, 3.63) is 295 Å². The molecule has 2 aliphatic rings. The van der Waals surface area contributed by atoms with Crippen LogP contribution in [0.2, 0.25) is 5.02 Å². The zero-order chi connectivity index (χ0) is 59.8. The number of benzene rings is 12. The molecule has 0 N–H and O–H groups in total. The number of nitrogens with zero attached hydrogens (tertiary/aromatic N) is 4. The van der Waals surface area contributed by atoms with Crippen LogP contribution in [0.25, 0.3) is 41.7 Å². The predicted molar refractivity (Wildman–Crippen MR) is 357 cm³/mol. The molecule has 0 fully saturated rings. The number of thiophene rings is 2. The second-order valence-electron chi connectivity index (χ2n) is 20.5. The predicted octanol–water partition coefficient (Wildman–Crippen LogP) is 20.4. The summed E-state index contributed by atoms with van der Waals surface area (Å²) in [5.41, 5.74) is 15.3. The zero-order valence-corrected chi connectivity index (χ0v) is 46.5. The van der Waals surface area contributed by atoms with Crippen molar-refractivity contribution in [3.63, 3.8) is 0 Å². The van der Waals surface area contributed by atoms with Crippen LogP contribution < -0.4 is 35.3 Å². The monoisotopic (exact) mass is 1110 g/mol. The van der Waals surface area contributed by atoms with Crippen LogP contribution in [0, 0.1) is 13.7 Å². The van der Waals surface area contributed by atoms with Crippen LogP contribution >= 0.6 is 34.3 Å². The van der Waals surface area contributed by atoms with Crippen LogP contribution in [0.4, 0.5) is 68.2 Å². The van der Waals surface area contributed by atoms with E-state index in [4.69, 9.17) is 19.8 Å². The number of para-hydroxylation sites is 6. The Balaban J connectivity index is 0.000000148. The normalized spacial score (nSPS) is 13.6. The largest absolute Gasteiger partial charge is 0.311 e. The fraction of sp³-hybridized carbons (Fsp3) is 0.0270. The van der Waals surface area contributed by atoms with Gasteiger partial charge in [0.15, 0.2) is 0 Å². The van der Waals surface area contributed by atoms with Gasteiger partial charge in [0.2, 0.25) is 0 Å². The van der Waals surface area contributed by atoms with Gasteiger partial charge in [-0.25, -0.2) is 0 Å². The third kappa shape index (κ3) is 8.18. The van der Waals surface area contributed by atoms with Gasteiger partial charge in [-0.3, -0.25) is 0 Å². The molecule has 8 heteroatoms. The molecule has 0 spiro atoms. The topological polar surface area (TPSA) is 13.0 Å². The van der Waals surface area contributed by atoms with E-state index < -0.39 is 13.7 Å². The van der Waals surface area contributed by atoms with E-state index in [9.17, 15) is 0 Å². The fourth-order valence-electron chi connectivity index (χ4n) is 12.3. The van der Waals surface area contributed by atoms with Gasteiger partial charge in [-0.1, -0.05) is 181 Å². The van der Waals surface area contributed by atoms with E-state index in [1.165, 1.54) is 15.7 Å². The Hall–Kier alpha value is -9.37. The summed E-state index contributed by atoms with van der Waals surface area (Å²) in [6, 6.07) is 92.3. The number of halogens is 1. The van der Waals surface area contributed by atoms with Gasteiger partial charge >= 0.3 is 0 Å². The van der Waals surface area contributed by atoms with Gasteiger partial charge in [0, 0.05) is 84.1 Å². The fourth-order valence-corrected chi connectivity index (χ4v) is 15.1. The molecule has 2 aromatic heterocycles. The van der Waals surface area contributed by atoms with Gasteiger partial charge in [-0.2, -0.15) is 0 Å². The van der Waals surface area contributed by atoms with Gasteiger partial charge in [0.25, 0.3) is 6.71 Å². The summed E-state index contributed by atoms with van der Waals surface area (Å²) in [5, 5.41) is 7.99. The highest BCUT2D eigenvalue weighted by Crippen LogP contribution is 2.52. The summed E-state index contributed by atoms with van der Waals surface area (Å²) in [6.07, 6.45) is 0. The Kier molecular flexibility index (Phi) is 10.9. The molecule has 0 amide bonds. The molecule has 0 bridgehead atoms. The lowest BCUT2D eigenvalue weighted by molar-refractivity contribution is 1.26. The molecule has 82 heavy (non-hydrogen) atoms. The molecule has 4 heterocycles. The second kappa shape index (κ2) is 20.6. The molecule has 14 aromatic rings. The summed E-state index contributed by atoms with van der Waals surface area (Å²) in [7, 11) is 0. The van der Waals surface area contributed by atoms with Crippen molar-refractivity contribution in [2.24, 2.45) is 0 Å². The van der Waals surface area contributed by atoms with Crippen molar-refractivity contribution in [2.45, 2.75) is 13.7 Å². The first-order chi connectivity index (χ1) is 42.9. The van der Waals surface area contributed by atoms with Crippen LogP contribution in [0.15, 0.2) is 278 Å². The van der Waals surface area contributed by atoms with Crippen LogP contribution in [-0.2, 0) is 0 Å². The zero-order valence-electron chi connectivity index (χ0n) is 50.1. The molecule has 12 aromatic carbocycles. The molecule has 0 unspecified atom stereocenters.